The van der Waals surface area contributed by atoms with Crippen molar-refractivity contribution in [3.05, 3.63) is 59.7 Å². The third-order valence-corrected chi connectivity index (χ3v) is 4.90. The van der Waals surface area contributed by atoms with Gasteiger partial charge in [-0.15, -0.1) is 0 Å². The number of alkyl halides is 3. The van der Waals surface area contributed by atoms with Gasteiger partial charge in [0.1, 0.15) is 16.0 Å². The molecule has 5 nitrogen and oxygen atoms in total. The average Bonchev–Trinajstić information content (AvgIpc) is 2.95. The first kappa shape index (κ1) is 19.0. The summed E-state index contributed by atoms with van der Waals surface area (Å²) in [5.74, 6) is -0.990. The fourth-order valence-corrected chi connectivity index (χ4v) is 3.48. The van der Waals surface area contributed by atoms with E-state index in [0.29, 0.717) is 10.6 Å². The summed E-state index contributed by atoms with van der Waals surface area (Å²) in [4.78, 5) is 28.0. The van der Waals surface area contributed by atoms with Crippen molar-refractivity contribution >= 4 is 34.3 Å². The van der Waals surface area contributed by atoms with Crippen molar-refractivity contribution in [3.8, 4) is 5.75 Å². The van der Waals surface area contributed by atoms with Crippen LogP contribution in [0.2, 0.25) is 0 Å². The van der Waals surface area contributed by atoms with E-state index in [1.54, 1.807) is 12.1 Å². The van der Waals surface area contributed by atoms with Crippen molar-refractivity contribution < 1.29 is 27.9 Å². The van der Waals surface area contributed by atoms with Gasteiger partial charge in [0, 0.05) is 17.7 Å². The van der Waals surface area contributed by atoms with Gasteiger partial charge >= 0.3 is 6.18 Å². The monoisotopic (exact) mass is 394 g/mol. The fraction of sp³-hybridized carbons (Fsp3) is 0.167. The van der Waals surface area contributed by atoms with Crippen LogP contribution >= 0.6 is 11.8 Å². The van der Waals surface area contributed by atoms with Gasteiger partial charge in [0.25, 0.3) is 5.91 Å². The van der Waals surface area contributed by atoms with Crippen molar-refractivity contribution in [1.82, 2.24) is 0 Å². The predicted molar refractivity (Wildman–Crippen MR) is 95.7 cm³/mol. The summed E-state index contributed by atoms with van der Waals surface area (Å²) >= 11 is 1.10. The van der Waals surface area contributed by atoms with Crippen LogP contribution in [-0.2, 0) is 15.8 Å². The number of benzene rings is 2. The lowest BCUT2D eigenvalue weighted by Gasteiger charge is -2.11. The third kappa shape index (κ3) is 4.68. The first-order valence-corrected chi connectivity index (χ1v) is 8.66. The summed E-state index contributed by atoms with van der Waals surface area (Å²) in [7, 11) is 0. The lowest BCUT2D eigenvalue weighted by atomic mass is 10.2. The van der Waals surface area contributed by atoms with E-state index in [9.17, 15) is 27.9 Å². The number of carbonyl (C=O) groups is 2. The molecule has 2 N–H and O–H groups in total. The number of anilines is 1. The second-order valence-electron chi connectivity index (χ2n) is 5.74. The van der Waals surface area contributed by atoms with Gasteiger partial charge in [0.05, 0.1) is 5.56 Å². The standard InChI is InChI=1S/C18H13F3N2O3S/c19-18(20,21)11-2-1-3-12(8-11)22-15(25)9-14-16(26)23-17(27-14)10-4-6-13(24)7-5-10/h1-8,14,24H,9H2,(H,22,25)/t14-/m0/s1. The lowest BCUT2D eigenvalue weighted by molar-refractivity contribution is -0.137. The Labute approximate surface area is 156 Å². The number of carbonyl (C=O) groups excluding carboxylic acids is 2. The van der Waals surface area contributed by atoms with Crippen molar-refractivity contribution in [2.75, 3.05) is 5.32 Å². The molecule has 9 heteroatoms. The molecule has 0 aromatic heterocycles. The highest BCUT2D eigenvalue weighted by molar-refractivity contribution is 8.16. The molecule has 0 bridgehead atoms. The van der Waals surface area contributed by atoms with Crippen LogP contribution in [0.1, 0.15) is 17.5 Å². The maximum Gasteiger partial charge on any atom is 0.416 e. The molecule has 27 heavy (non-hydrogen) atoms. The Balaban J connectivity index is 1.62. The van der Waals surface area contributed by atoms with Gasteiger partial charge in [-0.1, -0.05) is 17.8 Å². The van der Waals surface area contributed by atoms with Gasteiger partial charge in [-0.25, -0.2) is 4.99 Å². The Bertz CT molecular complexity index is 911. The fourth-order valence-electron chi connectivity index (χ4n) is 2.40. The SMILES string of the molecule is O=C(C[C@@H]1SC(c2ccc(O)cc2)=NC1=O)Nc1cccc(C(F)(F)F)c1. The molecule has 2 amide bonds. The number of phenolic OH excluding ortho intramolecular Hbond substituents is 1. The maximum atomic E-state index is 12.7. The van der Waals surface area contributed by atoms with Crippen LogP contribution < -0.4 is 5.32 Å². The summed E-state index contributed by atoms with van der Waals surface area (Å²) in [5, 5.41) is 11.3. The molecule has 2 aromatic carbocycles. The number of amides is 2. The van der Waals surface area contributed by atoms with Crippen LogP contribution in [0.4, 0.5) is 18.9 Å². The number of nitrogens with one attached hydrogen (secondary N) is 1. The number of thioether (sulfide) groups is 1. The Kier molecular flexibility index (Phi) is 5.22. The minimum atomic E-state index is -4.51. The highest BCUT2D eigenvalue weighted by Crippen LogP contribution is 2.32. The van der Waals surface area contributed by atoms with E-state index in [0.717, 1.165) is 23.9 Å². The number of hydrogen-bond acceptors (Lipinski definition) is 4. The molecule has 0 saturated carbocycles. The van der Waals surface area contributed by atoms with Crippen molar-refractivity contribution in [3.63, 3.8) is 0 Å². The number of aromatic hydroxyl groups is 1. The lowest BCUT2D eigenvalue weighted by Crippen LogP contribution is -2.21. The molecule has 0 unspecified atom stereocenters. The molecule has 2 aromatic rings. The van der Waals surface area contributed by atoms with Crippen LogP contribution in [0.25, 0.3) is 0 Å². The molecular formula is C18H13F3N2O3S. The Morgan fingerprint density at radius 2 is 1.89 bits per heavy atom. The van der Waals surface area contributed by atoms with Gasteiger partial charge in [-0.3, -0.25) is 9.59 Å². The van der Waals surface area contributed by atoms with E-state index >= 15 is 0 Å². The smallest absolute Gasteiger partial charge is 0.416 e. The second-order valence-corrected chi connectivity index (χ2v) is 6.93. The molecule has 1 heterocycles. The summed E-state index contributed by atoms with van der Waals surface area (Å²) < 4.78 is 38.2. The largest absolute Gasteiger partial charge is 0.508 e. The van der Waals surface area contributed by atoms with Crippen LogP contribution in [0.15, 0.2) is 53.5 Å². The molecular weight excluding hydrogens is 381 g/mol. The predicted octanol–water partition coefficient (Wildman–Crippen LogP) is 3.83. The van der Waals surface area contributed by atoms with Crippen LogP contribution in [0.5, 0.6) is 5.75 Å². The molecule has 1 aliphatic heterocycles. The summed E-state index contributed by atoms with van der Waals surface area (Å²) in [5.41, 5.74) is -0.235. The molecule has 0 radical (unpaired) electrons. The topological polar surface area (TPSA) is 78.8 Å². The molecule has 1 aliphatic rings. The number of halogens is 3. The summed E-state index contributed by atoms with van der Waals surface area (Å²) in [6.45, 7) is 0. The first-order valence-electron chi connectivity index (χ1n) is 7.78. The van der Waals surface area contributed by atoms with E-state index in [1.807, 2.05) is 0 Å². The number of nitrogens with zero attached hydrogens (tertiary/aromatic N) is 1. The normalized spacial score (nSPS) is 16.9. The van der Waals surface area contributed by atoms with Gasteiger partial charge < -0.3 is 10.4 Å². The number of rotatable bonds is 4. The van der Waals surface area contributed by atoms with Gasteiger partial charge in [0.15, 0.2) is 0 Å². The molecule has 0 aliphatic carbocycles. The molecule has 3 rings (SSSR count). The van der Waals surface area contributed by atoms with Gasteiger partial charge in [0.2, 0.25) is 5.91 Å². The Morgan fingerprint density at radius 1 is 1.19 bits per heavy atom. The minimum Gasteiger partial charge on any atom is -0.508 e. The van der Waals surface area contributed by atoms with Crippen LogP contribution in [-0.4, -0.2) is 27.2 Å². The number of hydrogen-bond donors (Lipinski definition) is 2. The second kappa shape index (κ2) is 7.43. The molecule has 0 fully saturated rings. The number of phenols is 1. The van der Waals surface area contributed by atoms with Crippen LogP contribution in [0, 0.1) is 0 Å². The van der Waals surface area contributed by atoms with Crippen LogP contribution in [0.3, 0.4) is 0 Å². The maximum absolute atomic E-state index is 12.7. The Morgan fingerprint density at radius 3 is 2.56 bits per heavy atom. The Hall–Kier alpha value is -2.81. The highest BCUT2D eigenvalue weighted by Gasteiger charge is 2.32. The van der Waals surface area contributed by atoms with Crippen molar-refractivity contribution in [2.45, 2.75) is 17.8 Å². The van der Waals surface area contributed by atoms with E-state index in [-0.39, 0.29) is 17.9 Å². The first-order chi connectivity index (χ1) is 12.7. The molecule has 0 saturated heterocycles. The van der Waals surface area contributed by atoms with Crippen molar-refractivity contribution in [2.24, 2.45) is 4.99 Å². The van der Waals surface area contributed by atoms with E-state index in [1.165, 1.54) is 24.3 Å². The molecule has 140 valence electrons. The zero-order valence-electron chi connectivity index (χ0n) is 13.7. The minimum absolute atomic E-state index is 0.00458. The van der Waals surface area contributed by atoms with E-state index in [4.69, 9.17) is 0 Å². The average molecular weight is 394 g/mol. The zero-order valence-corrected chi connectivity index (χ0v) is 14.5. The zero-order chi connectivity index (χ0) is 19.6. The highest BCUT2D eigenvalue weighted by atomic mass is 32.2. The third-order valence-electron chi connectivity index (χ3n) is 3.70. The number of aliphatic imine (C=N–C) groups is 1. The van der Waals surface area contributed by atoms with E-state index in [2.05, 4.69) is 10.3 Å². The van der Waals surface area contributed by atoms with Crippen molar-refractivity contribution in [1.29, 1.82) is 0 Å². The van der Waals surface area contributed by atoms with E-state index < -0.39 is 28.8 Å². The molecule has 1 atom stereocenters. The summed E-state index contributed by atoms with van der Waals surface area (Å²) in [6, 6.07) is 10.4. The molecule has 0 spiro atoms. The van der Waals surface area contributed by atoms with Gasteiger partial charge in [-0.05, 0) is 42.5 Å². The van der Waals surface area contributed by atoms with Gasteiger partial charge in [-0.2, -0.15) is 13.2 Å². The summed E-state index contributed by atoms with van der Waals surface area (Å²) in [6.07, 6.45) is -4.73. The quantitative estimate of drug-likeness (QED) is 0.826.